The monoisotopic (exact) mass is 270 g/mol. The molecule has 0 spiro atoms. The van der Waals surface area contributed by atoms with Crippen LogP contribution in [0.5, 0.6) is 0 Å². The van der Waals surface area contributed by atoms with Gasteiger partial charge >= 0.3 is 0 Å². The first-order valence-electron chi connectivity index (χ1n) is 6.47. The summed E-state index contributed by atoms with van der Waals surface area (Å²) in [4.78, 5) is 14.2. The number of rotatable bonds is 3. The Hall–Kier alpha value is -2.63. The van der Waals surface area contributed by atoms with Crippen LogP contribution in [0, 0.1) is 10.1 Å². The number of nitro groups is 1. The molecule has 6 heteroatoms. The summed E-state index contributed by atoms with van der Waals surface area (Å²) in [6.07, 6.45) is 3.44. The molecule has 2 N–H and O–H groups in total. The zero-order valence-corrected chi connectivity index (χ0v) is 10.8. The lowest BCUT2D eigenvalue weighted by atomic mass is 10.0. The summed E-state index contributed by atoms with van der Waals surface area (Å²) in [6, 6.07) is 9.15. The van der Waals surface area contributed by atoms with E-state index in [1.54, 1.807) is 6.07 Å². The second-order valence-corrected chi connectivity index (χ2v) is 4.69. The molecule has 0 saturated carbocycles. The highest BCUT2D eigenvalue weighted by Gasteiger charge is 2.09. The number of pyridine rings is 1. The second-order valence-electron chi connectivity index (χ2n) is 4.69. The van der Waals surface area contributed by atoms with Gasteiger partial charge in [0, 0.05) is 24.0 Å². The van der Waals surface area contributed by atoms with Crippen molar-refractivity contribution in [3.63, 3.8) is 0 Å². The first kappa shape index (κ1) is 12.4. The van der Waals surface area contributed by atoms with Gasteiger partial charge in [0.15, 0.2) is 0 Å². The minimum Gasteiger partial charge on any atom is -0.385 e. The van der Waals surface area contributed by atoms with Crippen LogP contribution in [-0.4, -0.2) is 16.5 Å². The fourth-order valence-corrected chi connectivity index (χ4v) is 2.27. The van der Waals surface area contributed by atoms with Crippen molar-refractivity contribution in [3.8, 4) is 0 Å². The number of benzene rings is 1. The predicted molar refractivity (Wildman–Crippen MR) is 77.4 cm³/mol. The van der Waals surface area contributed by atoms with Crippen LogP contribution in [0.3, 0.4) is 0 Å². The number of fused-ring (bicyclic) bond motifs is 1. The summed E-state index contributed by atoms with van der Waals surface area (Å²) in [5.41, 5.74) is 3.39. The maximum absolute atomic E-state index is 10.6. The van der Waals surface area contributed by atoms with E-state index in [0.29, 0.717) is 5.82 Å². The quantitative estimate of drug-likeness (QED) is 0.661. The molecule has 1 aromatic carbocycles. The third-order valence-corrected chi connectivity index (χ3v) is 3.27. The van der Waals surface area contributed by atoms with E-state index in [-0.39, 0.29) is 5.69 Å². The summed E-state index contributed by atoms with van der Waals surface area (Å²) in [7, 11) is 0. The Morgan fingerprint density at radius 3 is 2.95 bits per heavy atom. The van der Waals surface area contributed by atoms with E-state index >= 15 is 0 Å². The van der Waals surface area contributed by atoms with E-state index in [1.807, 2.05) is 12.1 Å². The molecule has 0 amide bonds. The molecular formula is C14H14N4O2. The highest BCUT2D eigenvalue weighted by molar-refractivity contribution is 5.64. The Labute approximate surface area is 116 Å². The van der Waals surface area contributed by atoms with Crippen molar-refractivity contribution in [3.05, 3.63) is 52.2 Å². The lowest BCUT2D eigenvalue weighted by molar-refractivity contribution is -0.385. The number of nitrogens with one attached hydrogen (secondary N) is 2. The lowest BCUT2D eigenvalue weighted by Crippen LogP contribution is -2.11. The van der Waals surface area contributed by atoms with Gasteiger partial charge in [-0.05, 0) is 42.7 Å². The van der Waals surface area contributed by atoms with Crippen LogP contribution in [0.4, 0.5) is 22.9 Å². The van der Waals surface area contributed by atoms with E-state index in [1.165, 1.54) is 23.5 Å². The van der Waals surface area contributed by atoms with Gasteiger partial charge in [0.25, 0.3) is 5.69 Å². The molecule has 1 aliphatic rings. The summed E-state index contributed by atoms with van der Waals surface area (Å²) in [5.74, 6) is 0.597. The number of aromatic nitrogens is 1. The predicted octanol–water partition coefficient (Wildman–Crippen LogP) is 3.09. The SMILES string of the molecule is O=[N+]([O-])c1ccc(Nc2ccc3c(c2)CCCN3)nc1. The van der Waals surface area contributed by atoms with Crippen LogP contribution in [0.1, 0.15) is 12.0 Å². The zero-order valence-electron chi connectivity index (χ0n) is 10.8. The Bertz CT molecular complexity index is 640. The lowest BCUT2D eigenvalue weighted by Gasteiger charge is -2.18. The zero-order chi connectivity index (χ0) is 13.9. The average Bonchev–Trinajstić information content (AvgIpc) is 2.48. The third-order valence-electron chi connectivity index (χ3n) is 3.27. The Morgan fingerprint density at radius 2 is 2.20 bits per heavy atom. The molecule has 1 aliphatic heterocycles. The topological polar surface area (TPSA) is 80.1 Å². The average molecular weight is 270 g/mol. The van der Waals surface area contributed by atoms with Crippen molar-refractivity contribution in [2.75, 3.05) is 17.2 Å². The largest absolute Gasteiger partial charge is 0.385 e. The number of anilines is 3. The molecule has 20 heavy (non-hydrogen) atoms. The molecule has 0 atom stereocenters. The van der Waals surface area contributed by atoms with Crippen molar-refractivity contribution < 1.29 is 4.92 Å². The summed E-state index contributed by atoms with van der Waals surface area (Å²) >= 11 is 0. The Morgan fingerprint density at radius 1 is 1.30 bits per heavy atom. The maximum atomic E-state index is 10.6. The first-order chi connectivity index (χ1) is 9.72. The Balaban J connectivity index is 1.78. The van der Waals surface area contributed by atoms with Crippen molar-refractivity contribution >= 4 is 22.9 Å². The molecule has 2 heterocycles. The summed E-state index contributed by atoms with van der Waals surface area (Å²) in [5, 5.41) is 17.1. The molecule has 1 aromatic heterocycles. The van der Waals surface area contributed by atoms with Gasteiger partial charge in [0.1, 0.15) is 12.0 Å². The van der Waals surface area contributed by atoms with Crippen molar-refractivity contribution in [1.29, 1.82) is 0 Å². The summed E-state index contributed by atoms with van der Waals surface area (Å²) in [6.45, 7) is 1.02. The molecule has 3 rings (SSSR count). The number of aryl methyl sites for hydroxylation is 1. The highest BCUT2D eigenvalue weighted by Crippen LogP contribution is 2.26. The van der Waals surface area contributed by atoms with Gasteiger partial charge < -0.3 is 10.6 Å². The van der Waals surface area contributed by atoms with Crippen LogP contribution in [0.25, 0.3) is 0 Å². The normalized spacial score (nSPS) is 13.2. The highest BCUT2D eigenvalue weighted by atomic mass is 16.6. The molecule has 0 aliphatic carbocycles. The first-order valence-corrected chi connectivity index (χ1v) is 6.47. The standard InChI is InChI=1S/C14H14N4O2/c19-18(20)12-4-6-14(16-9-12)17-11-3-5-13-10(8-11)2-1-7-15-13/h3-6,8-9,15H,1-2,7H2,(H,16,17). The second kappa shape index (κ2) is 5.16. The van der Waals surface area contributed by atoms with Gasteiger partial charge in [-0.2, -0.15) is 0 Å². The minimum absolute atomic E-state index is 0.00908. The molecule has 0 radical (unpaired) electrons. The van der Waals surface area contributed by atoms with E-state index in [4.69, 9.17) is 0 Å². The van der Waals surface area contributed by atoms with Gasteiger partial charge in [-0.1, -0.05) is 0 Å². The molecule has 2 aromatic rings. The van der Waals surface area contributed by atoms with E-state index < -0.39 is 4.92 Å². The summed E-state index contributed by atoms with van der Waals surface area (Å²) < 4.78 is 0. The van der Waals surface area contributed by atoms with Crippen LogP contribution < -0.4 is 10.6 Å². The van der Waals surface area contributed by atoms with Crippen molar-refractivity contribution in [2.45, 2.75) is 12.8 Å². The molecule has 0 saturated heterocycles. The van der Waals surface area contributed by atoms with Gasteiger partial charge in [-0.25, -0.2) is 4.98 Å². The maximum Gasteiger partial charge on any atom is 0.287 e. The van der Waals surface area contributed by atoms with E-state index in [2.05, 4.69) is 21.7 Å². The molecule has 6 nitrogen and oxygen atoms in total. The van der Waals surface area contributed by atoms with Crippen LogP contribution in [0.15, 0.2) is 36.5 Å². The Kier molecular flexibility index (Phi) is 3.20. The smallest absolute Gasteiger partial charge is 0.287 e. The molecule has 0 unspecified atom stereocenters. The number of hydrogen-bond acceptors (Lipinski definition) is 5. The van der Waals surface area contributed by atoms with Gasteiger partial charge in [-0.15, -0.1) is 0 Å². The van der Waals surface area contributed by atoms with E-state index in [9.17, 15) is 10.1 Å². The van der Waals surface area contributed by atoms with Crippen molar-refractivity contribution in [2.24, 2.45) is 0 Å². The molecule has 0 fully saturated rings. The third kappa shape index (κ3) is 2.54. The fraction of sp³-hybridized carbons (Fsp3) is 0.214. The van der Waals surface area contributed by atoms with Gasteiger partial charge in [-0.3, -0.25) is 10.1 Å². The fourth-order valence-electron chi connectivity index (χ4n) is 2.27. The van der Waals surface area contributed by atoms with Crippen LogP contribution >= 0.6 is 0 Å². The van der Waals surface area contributed by atoms with Crippen molar-refractivity contribution in [1.82, 2.24) is 4.98 Å². The van der Waals surface area contributed by atoms with Crippen LogP contribution in [-0.2, 0) is 6.42 Å². The minimum atomic E-state index is -0.457. The molecule has 0 bridgehead atoms. The number of nitrogens with zero attached hydrogens (tertiary/aromatic N) is 2. The molecule has 102 valence electrons. The van der Waals surface area contributed by atoms with Crippen LogP contribution in [0.2, 0.25) is 0 Å². The molecular weight excluding hydrogens is 256 g/mol. The van der Waals surface area contributed by atoms with E-state index in [0.717, 1.165) is 25.1 Å². The van der Waals surface area contributed by atoms with Gasteiger partial charge in [0.2, 0.25) is 0 Å². The number of hydrogen-bond donors (Lipinski definition) is 2. The van der Waals surface area contributed by atoms with Gasteiger partial charge in [0.05, 0.1) is 4.92 Å².